The Bertz CT molecular complexity index is 1180. The molecular formula is C28H34N4S2. The van der Waals surface area contributed by atoms with Gasteiger partial charge in [0.05, 0.1) is 6.04 Å². The van der Waals surface area contributed by atoms with Crippen molar-refractivity contribution in [3.8, 4) is 0 Å². The number of aryl methyl sites for hydroxylation is 1. The van der Waals surface area contributed by atoms with Gasteiger partial charge in [-0.3, -0.25) is 0 Å². The lowest BCUT2D eigenvalue weighted by Gasteiger charge is -2.32. The van der Waals surface area contributed by atoms with Crippen LogP contribution in [0.3, 0.4) is 0 Å². The number of hydrogen-bond donors (Lipinski definition) is 2. The molecule has 1 aliphatic carbocycles. The van der Waals surface area contributed by atoms with Crippen LogP contribution in [0.25, 0.3) is 10.1 Å². The molecule has 3 heterocycles. The maximum atomic E-state index is 5.70. The molecule has 1 fully saturated rings. The summed E-state index contributed by atoms with van der Waals surface area (Å²) in [5, 5.41) is 9.42. The molecule has 0 amide bonds. The van der Waals surface area contributed by atoms with Crippen molar-refractivity contribution in [1.82, 2.24) is 15.1 Å². The highest BCUT2D eigenvalue weighted by Gasteiger charge is 2.21. The fraction of sp³-hybridized carbons (Fsp3) is 0.393. The van der Waals surface area contributed by atoms with Crippen molar-refractivity contribution in [2.24, 2.45) is 0 Å². The molecule has 2 aliphatic heterocycles. The second kappa shape index (κ2) is 10.5. The van der Waals surface area contributed by atoms with Crippen LogP contribution < -0.4 is 10.6 Å². The largest absolute Gasteiger partial charge is 0.370 e. The molecule has 1 saturated heterocycles. The van der Waals surface area contributed by atoms with Crippen LogP contribution >= 0.6 is 23.6 Å². The zero-order valence-corrected chi connectivity index (χ0v) is 21.8. The normalized spacial score (nSPS) is 19.8. The van der Waals surface area contributed by atoms with E-state index in [1.54, 1.807) is 0 Å². The molecule has 4 nitrogen and oxygen atoms in total. The van der Waals surface area contributed by atoms with Gasteiger partial charge in [0.2, 0.25) is 0 Å². The molecule has 6 heteroatoms. The minimum atomic E-state index is 0.358. The Morgan fingerprint density at radius 1 is 1.15 bits per heavy atom. The average molecular weight is 491 g/mol. The number of anilines is 1. The fourth-order valence-electron chi connectivity index (χ4n) is 5.14. The molecule has 0 radical (unpaired) electrons. The fourth-order valence-corrected chi connectivity index (χ4v) is 6.53. The molecule has 2 N–H and O–H groups in total. The molecule has 2 aromatic rings. The summed E-state index contributed by atoms with van der Waals surface area (Å²) in [6.45, 7) is 6.24. The molecule has 1 aromatic carbocycles. The Morgan fingerprint density at radius 2 is 2.00 bits per heavy atom. The van der Waals surface area contributed by atoms with Crippen LogP contribution in [0, 0.1) is 6.92 Å². The van der Waals surface area contributed by atoms with E-state index in [1.165, 1.54) is 50.9 Å². The van der Waals surface area contributed by atoms with Gasteiger partial charge >= 0.3 is 0 Å². The van der Waals surface area contributed by atoms with E-state index >= 15 is 0 Å². The smallest absolute Gasteiger partial charge is 0.173 e. The second-order valence-corrected chi connectivity index (χ2v) is 11.0. The van der Waals surface area contributed by atoms with E-state index in [1.807, 2.05) is 11.3 Å². The van der Waals surface area contributed by atoms with Gasteiger partial charge in [0.15, 0.2) is 5.11 Å². The predicted octanol–water partition coefficient (Wildman–Crippen LogP) is 5.77. The van der Waals surface area contributed by atoms with Crippen LogP contribution in [0.2, 0.25) is 0 Å². The highest BCUT2D eigenvalue weighted by Crippen LogP contribution is 2.33. The van der Waals surface area contributed by atoms with Gasteiger partial charge in [-0.15, -0.1) is 11.3 Å². The van der Waals surface area contributed by atoms with Crippen LogP contribution in [0.4, 0.5) is 5.69 Å². The first-order valence-corrected chi connectivity index (χ1v) is 13.6. The minimum Gasteiger partial charge on any atom is -0.370 e. The number of allylic oxidation sites excluding steroid dienone is 2. The van der Waals surface area contributed by atoms with Crippen LogP contribution in [0.15, 0.2) is 65.9 Å². The quantitative estimate of drug-likeness (QED) is 0.396. The van der Waals surface area contributed by atoms with Crippen LogP contribution in [0.1, 0.15) is 29.7 Å². The van der Waals surface area contributed by atoms with Crippen molar-refractivity contribution in [2.45, 2.75) is 38.6 Å². The summed E-state index contributed by atoms with van der Waals surface area (Å²) < 4.78 is 1.35. The Morgan fingerprint density at radius 3 is 2.85 bits per heavy atom. The van der Waals surface area contributed by atoms with E-state index in [2.05, 4.69) is 89.2 Å². The summed E-state index contributed by atoms with van der Waals surface area (Å²) in [4.78, 5) is 5.98. The summed E-state index contributed by atoms with van der Waals surface area (Å²) >= 11 is 7.59. The average Bonchev–Trinajstić information content (AvgIpc) is 3.18. The Labute approximate surface area is 212 Å². The second-order valence-electron chi connectivity index (χ2n) is 9.40. The van der Waals surface area contributed by atoms with Gasteiger partial charge in [-0.05, 0) is 104 Å². The van der Waals surface area contributed by atoms with E-state index in [0.717, 1.165) is 43.4 Å². The summed E-state index contributed by atoms with van der Waals surface area (Å²) in [5.74, 6) is 0. The molecule has 1 atom stereocenters. The van der Waals surface area contributed by atoms with Crippen molar-refractivity contribution < 1.29 is 0 Å². The first-order chi connectivity index (χ1) is 16.6. The monoisotopic (exact) mass is 490 g/mol. The lowest BCUT2D eigenvalue weighted by molar-refractivity contribution is 0.346. The van der Waals surface area contributed by atoms with Gasteiger partial charge in [0.1, 0.15) is 0 Å². The topological polar surface area (TPSA) is 30.5 Å². The van der Waals surface area contributed by atoms with Crippen molar-refractivity contribution >= 4 is 44.4 Å². The molecule has 34 heavy (non-hydrogen) atoms. The highest BCUT2D eigenvalue weighted by molar-refractivity contribution is 7.80. The first kappa shape index (κ1) is 23.3. The summed E-state index contributed by atoms with van der Waals surface area (Å²) in [6.07, 6.45) is 18.0. The number of likely N-dealkylation sites (tertiary alicyclic amines) is 1. The highest BCUT2D eigenvalue weighted by atomic mass is 32.1. The Hall–Kier alpha value is -2.41. The molecular weight excluding hydrogens is 456 g/mol. The number of thiophene rings is 1. The van der Waals surface area contributed by atoms with Gasteiger partial charge in [-0.1, -0.05) is 24.3 Å². The number of nitrogens with zero attached hydrogens (tertiary/aromatic N) is 2. The molecule has 3 aliphatic rings. The van der Waals surface area contributed by atoms with Gasteiger partial charge in [0.25, 0.3) is 0 Å². The Kier molecular flexibility index (Phi) is 7.18. The maximum absolute atomic E-state index is 5.70. The van der Waals surface area contributed by atoms with E-state index < -0.39 is 0 Å². The summed E-state index contributed by atoms with van der Waals surface area (Å²) in [5.41, 5.74) is 5.34. The van der Waals surface area contributed by atoms with Gasteiger partial charge < -0.3 is 20.4 Å². The molecule has 1 aromatic heterocycles. The number of piperidine rings is 1. The molecule has 5 rings (SSSR count). The van der Waals surface area contributed by atoms with Gasteiger partial charge in [-0.25, -0.2) is 0 Å². The maximum Gasteiger partial charge on any atom is 0.173 e. The third kappa shape index (κ3) is 4.99. The lowest BCUT2D eigenvalue weighted by Crippen LogP contribution is -2.38. The van der Waals surface area contributed by atoms with Crippen LogP contribution in [0.5, 0.6) is 0 Å². The van der Waals surface area contributed by atoms with Crippen molar-refractivity contribution in [1.29, 1.82) is 0 Å². The third-order valence-electron chi connectivity index (χ3n) is 7.07. The zero-order chi connectivity index (χ0) is 23.5. The molecule has 178 valence electrons. The molecule has 1 unspecified atom stereocenters. The van der Waals surface area contributed by atoms with Crippen LogP contribution in [-0.4, -0.2) is 54.2 Å². The molecule has 0 bridgehead atoms. The van der Waals surface area contributed by atoms with E-state index in [-0.39, 0.29) is 0 Å². The Balaban J connectivity index is 1.23. The van der Waals surface area contributed by atoms with E-state index in [9.17, 15) is 0 Å². The van der Waals surface area contributed by atoms with Gasteiger partial charge in [0, 0.05) is 41.9 Å². The number of hydrogen-bond acceptors (Lipinski definition) is 4. The van der Waals surface area contributed by atoms with Crippen molar-refractivity contribution in [3.63, 3.8) is 0 Å². The van der Waals surface area contributed by atoms with Gasteiger partial charge in [-0.2, -0.15) is 0 Å². The van der Waals surface area contributed by atoms with Crippen molar-refractivity contribution in [3.05, 3.63) is 76.4 Å². The molecule has 0 saturated carbocycles. The number of nitrogens with one attached hydrogen (secondary N) is 2. The van der Waals surface area contributed by atoms with E-state index in [4.69, 9.17) is 12.2 Å². The summed E-state index contributed by atoms with van der Waals surface area (Å²) in [6, 6.07) is 7.05. The lowest BCUT2D eigenvalue weighted by atomic mass is 9.93. The van der Waals surface area contributed by atoms with E-state index in [0.29, 0.717) is 6.04 Å². The van der Waals surface area contributed by atoms with Crippen molar-refractivity contribution in [2.75, 3.05) is 38.5 Å². The third-order valence-corrected chi connectivity index (χ3v) is 8.56. The minimum absolute atomic E-state index is 0.358. The number of rotatable bonds is 6. The number of fused-ring (bicyclic) bond motifs is 2. The number of benzene rings is 1. The molecule has 0 spiro atoms. The first-order valence-electron chi connectivity index (χ1n) is 12.4. The number of likely N-dealkylation sites (N-methyl/N-ethyl adjacent to an activating group) is 1. The summed E-state index contributed by atoms with van der Waals surface area (Å²) in [7, 11) is 2.14. The zero-order valence-electron chi connectivity index (χ0n) is 20.1. The standard InChI is InChI=1S/C28H34N4S2/c1-20-23(12-14-29-19-21-13-17-31(2)26-9-5-4-8-24(21)26)25-18-22(10-11-27(25)34-20)30-28(33)32-15-6-3-7-16-32/h4-5,8-11,13,17-18,26,29H,3,6-7,12,14-16,19H2,1-2H3,(H,30,33). The number of thiocarbonyl (C=S) groups is 1. The van der Waals surface area contributed by atoms with Crippen LogP contribution in [-0.2, 0) is 6.42 Å². The SMILES string of the molecule is Cc1sc2ccc(NC(=S)N3CCCCC3)cc2c1CCNCC1=C2C=CC=CC2N(C)C=C1. The predicted molar refractivity (Wildman–Crippen MR) is 151 cm³/mol.